The minimum Gasteiger partial charge on any atom is -0.466 e. The molecule has 6 heteroatoms. The van der Waals surface area contributed by atoms with Crippen molar-refractivity contribution >= 4 is 12.0 Å². The van der Waals surface area contributed by atoms with Gasteiger partial charge in [-0.3, -0.25) is 4.90 Å². The highest BCUT2D eigenvalue weighted by molar-refractivity contribution is 5.95. The highest BCUT2D eigenvalue weighted by Crippen LogP contribution is 2.28. The Morgan fingerprint density at radius 1 is 1.16 bits per heavy atom. The number of nitrogens with zero attached hydrogens (tertiary/aromatic N) is 1. The van der Waals surface area contributed by atoms with Crippen LogP contribution in [0.25, 0.3) is 0 Å². The van der Waals surface area contributed by atoms with Crippen molar-refractivity contribution in [3.8, 4) is 0 Å². The molecule has 1 atom stereocenters. The molecule has 1 aromatic carbocycles. The van der Waals surface area contributed by atoms with Crippen molar-refractivity contribution in [3.63, 3.8) is 0 Å². The van der Waals surface area contributed by atoms with E-state index < -0.39 is 12.0 Å². The second-order valence-corrected chi connectivity index (χ2v) is 6.52. The van der Waals surface area contributed by atoms with E-state index in [1.165, 1.54) is 20.0 Å². The first-order valence-corrected chi connectivity index (χ1v) is 8.85. The molecular formula is C19H25N3O3. The number of methoxy groups -OCH3 is 1. The van der Waals surface area contributed by atoms with Gasteiger partial charge in [0.1, 0.15) is 0 Å². The van der Waals surface area contributed by atoms with Crippen LogP contribution in [0.15, 0.2) is 41.6 Å². The van der Waals surface area contributed by atoms with Crippen LogP contribution >= 0.6 is 0 Å². The molecule has 0 bridgehead atoms. The first kappa shape index (κ1) is 17.5. The minimum atomic E-state index is -0.496. The summed E-state index contributed by atoms with van der Waals surface area (Å²) in [5.41, 5.74) is 2.00. The van der Waals surface area contributed by atoms with Crippen LogP contribution in [-0.2, 0) is 9.53 Å². The van der Waals surface area contributed by atoms with Gasteiger partial charge in [0.25, 0.3) is 0 Å². The van der Waals surface area contributed by atoms with Crippen molar-refractivity contribution in [1.29, 1.82) is 0 Å². The third-order valence-corrected chi connectivity index (χ3v) is 4.77. The largest absolute Gasteiger partial charge is 0.466 e. The molecule has 134 valence electrons. The van der Waals surface area contributed by atoms with E-state index in [0.29, 0.717) is 17.8 Å². The van der Waals surface area contributed by atoms with Crippen LogP contribution in [0.1, 0.15) is 37.3 Å². The summed E-state index contributed by atoms with van der Waals surface area (Å²) in [6, 6.07) is 8.73. The van der Waals surface area contributed by atoms with Gasteiger partial charge in [-0.15, -0.1) is 0 Å². The van der Waals surface area contributed by atoms with Gasteiger partial charge < -0.3 is 15.4 Å². The van der Waals surface area contributed by atoms with E-state index >= 15 is 0 Å². The average molecular weight is 343 g/mol. The number of hydrogen-bond donors (Lipinski definition) is 2. The third-order valence-electron chi connectivity index (χ3n) is 4.77. The lowest BCUT2D eigenvalue weighted by Crippen LogP contribution is -2.48. The van der Waals surface area contributed by atoms with Gasteiger partial charge in [0.15, 0.2) is 0 Å². The van der Waals surface area contributed by atoms with E-state index in [2.05, 4.69) is 15.5 Å². The summed E-state index contributed by atoms with van der Waals surface area (Å²) in [6.45, 7) is 2.52. The summed E-state index contributed by atoms with van der Waals surface area (Å²) >= 11 is 0. The molecule has 2 amide bonds. The molecule has 0 aliphatic carbocycles. The van der Waals surface area contributed by atoms with Crippen LogP contribution in [-0.4, -0.2) is 43.6 Å². The number of carbonyl (C=O) groups is 2. The maximum atomic E-state index is 12.5. The molecule has 25 heavy (non-hydrogen) atoms. The number of nitrogens with one attached hydrogen (secondary N) is 2. The summed E-state index contributed by atoms with van der Waals surface area (Å²) in [6.07, 6.45) is 4.77. The first-order valence-electron chi connectivity index (χ1n) is 8.85. The molecule has 0 radical (unpaired) electrons. The lowest BCUT2D eigenvalue weighted by molar-refractivity contribution is -0.136. The van der Waals surface area contributed by atoms with Gasteiger partial charge in [-0.1, -0.05) is 43.2 Å². The fraction of sp³-hybridized carbons (Fsp3) is 0.474. The summed E-state index contributed by atoms with van der Waals surface area (Å²) < 4.78 is 5.01. The number of hydrogen-bond acceptors (Lipinski definition) is 4. The van der Waals surface area contributed by atoms with Crippen LogP contribution in [0.4, 0.5) is 4.79 Å². The zero-order chi connectivity index (χ0) is 17.6. The number of urea groups is 1. The normalized spacial score (nSPS) is 22.0. The molecule has 2 aliphatic heterocycles. The van der Waals surface area contributed by atoms with E-state index in [-0.39, 0.29) is 6.03 Å². The Hall–Kier alpha value is -2.34. The number of benzene rings is 1. The Kier molecular flexibility index (Phi) is 5.71. The van der Waals surface area contributed by atoms with Crippen molar-refractivity contribution in [2.24, 2.45) is 0 Å². The van der Waals surface area contributed by atoms with Gasteiger partial charge in [-0.25, -0.2) is 9.59 Å². The lowest BCUT2D eigenvalue weighted by atomic mass is 9.95. The van der Waals surface area contributed by atoms with Crippen LogP contribution in [0, 0.1) is 0 Å². The topological polar surface area (TPSA) is 70.7 Å². The van der Waals surface area contributed by atoms with Crippen LogP contribution < -0.4 is 10.6 Å². The second kappa shape index (κ2) is 8.16. The van der Waals surface area contributed by atoms with Crippen LogP contribution in [0.5, 0.6) is 0 Å². The van der Waals surface area contributed by atoms with Gasteiger partial charge >= 0.3 is 12.0 Å². The van der Waals surface area contributed by atoms with E-state index in [1.54, 1.807) is 0 Å². The van der Waals surface area contributed by atoms with E-state index in [9.17, 15) is 9.59 Å². The molecule has 1 fully saturated rings. The molecular weight excluding hydrogens is 318 g/mol. The fourth-order valence-corrected chi connectivity index (χ4v) is 3.51. The Bertz CT molecular complexity index is 649. The van der Waals surface area contributed by atoms with Crippen molar-refractivity contribution < 1.29 is 14.3 Å². The maximum absolute atomic E-state index is 12.5. The summed E-state index contributed by atoms with van der Waals surface area (Å²) in [7, 11) is 1.37. The predicted octanol–water partition coefficient (Wildman–Crippen LogP) is 2.34. The summed E-state index contributed by atoms with van der Waals surface area (Å²) in [5.74, 6) is -0.411. The summed E-state index contributed by atoms with van der Waals surface area (Å²) in [5, 5.41) is 5.69. The Balaban J connectivity index is 1.94. The van der Waals surface area contributed by atoms with Crippen LogP contribution in [0.3, 0.4) is 0 Å². The minimum absolute atomic E-state index is 0.286. The van der Waals surface area contributed by atoms with Gasteiger partial charge in [-0.05, 0) is 31.5 Å². The van der Waals surface area contributed by atoms with Gasteiger partial charge in [0, 0.05) is 12.2 Å². The molecule has 2 N–H and O–H groups in total. The van der Waals surface area contributed by atoms with Crippen molar-refractivity contribution in [2.45, 2.75) is 31.7 Å². The quantitative estimate of drug-likeness (QED) is 0.823. The Labute approximate surface area is 148 Å². The van der Waals surface area contributed by atoms with Gasteiger partial charge in [0.2, 0.25) is 0 Å². The molecule has 2 heterocycles. The fourth-order valence-electron chi connectivity index (χ4n) is 3.51. The predicted molar refractivity (Wildman–Crippen MR) is 94.8 cm³/mol. The first-order chi connectivity index (χ1) is 12.2. The number of amides is 2. The molecule has 1 saturated heterocycles. The molecule has 0 spiro atoms. The Morgan fingerprint density at radius 3 is 2.48 bits per heavy atom. The zero-order valence-electron chi connectivity index (χ0n) is 14.6. The molecule has 0 saturated carbocycles. The average Bonchev–Trinajstić information content (AvgIpc) is 2.90. The van der Waals surface area contributed by atoms with Gasteiger partial charge in [-0.2, -0.15) is 0 Å². The SMILES string of the molecule is COC(=O)C1=C(CN2CCCCCC2)NC(=O)N[C@H]1c1ccccc1. The molecule has 3 rings (SSSR count). The number of esters is 1. The number of rotatable bonds is 4. The lowest BCUT2D eigenvalue weighted by Gasteiger charge is -2.31. The van der Waals surface area contributed by atoms with E-state index in [0.717, 1.165) is 31.5 Å². The molecule has 0 unspecified atom stereocenters. The van der Waals surface area contributed by atoms with Crippen LogP contribution in [0.2, 0.25) is 0 Å². The molecule has 6 nitrogen and oxygen atoms in total. The van der Waals surface area contributed by atoms with E-state index in [4.69, 9.17) is 4.74 Å². The number of carbonyl (C=O) groups excluding carboxylic acids is 2. The monoisotopic (exact) mass is 343 g/mol. The van der Waals surface area contributed by atoms with Gasteiger partial charge in [0.05, 0.1) is 18.7 Å². The molecule has 2 aliphatic rings. The number of likely N-dealkylation sites (tertiary alicyclic amines) is 1. The second-order valence-electron chi connectivity index (χ2n) is 6.52. The third kappa shape index (κ3) is 4.20. The maximum Gasteiger partial charge on any atom is 0.338 e. The molecule has 0 aromatic heterocycles. The highest BCUT2D eigenvalue weighted by Gasteiger charge is 2.33. The summed E-state index contributed by atoms with van der Waals surface area (Å²) in [4.78, 5) is 27.0. The highest BCUT2D eigenvalue weighted by atomic mass is 16.5. The zero-order valence-corrected chi connectivity index (χ0v) is 14.6. The Morgan fingerprint density at radius 2 is 1.84 bits per heavy atom. The van der Waals surface area contributed by atoms with E-state index in [1.807, 2.05) is 30.3 Å². The smallest absolute Gasteiger partial charge is 0.338 e. The van der Waals surface area contributed by atoms with Crippen molar-refractivity contribution in [1.82, 2.24) is 15.5 Å². The number of ether oxygens (including phenoxy) is 1. The van der Waals surface area contributed by atoms with Crippen molar-refractivity contribution in [2.75, 3.05) is 26.7 Å². The standard InChI is InChI=1S/C19H25N3O3/c1-25-18(23)16-15(13-22-11-7-2-3-8-12-22)20-19(24)21-17(16)14-9-5-4-6-10-14/h4-6,9-10,17H,2-3,7-8,11-13H2,1H3,(H2,20,21,24)/t17-/m0/s1. The van der Waals surface area contributed by atoms with Crippen molar-refractivity contribution in [3.05, 3.63) is 47.2 Å². The molecule has 1 aromatic rings.